The number of pyridine rings is 1. The Kier molecular flexibility index (Phi) is 2.65. The smallest absolute Gasteiger partial charge is 0.305 e. The molecule has 1 aliphatic heterocycles. The topological polar surface area (TPSA) is 45.8 Å². The fourth-order valence-corrected chi connectivity index (χ4v) is 7.68. The number of H-pyrrole nitrogens is 1. The molecule has 5 heteroatoms. The van der Waals surface area contributed by atoms with Crippen LogP contribution in [0.15, 0.2) is 34.3 Å². The molecule has 0 saturated heterocycles. The van der Waals surface area contributed by atoms with E-state index < -0.39 is 0 Å². The zero-order chi connectivity index (χ0) is 14.0. The number of aromatic amines is 1. The van der Waals surface area contributed by atoms with Gasteiger partial charge in [-0.15, -0.1) is 11.8 Å². The van der Waals surface area contributed by atoms with Crippen LogP contribution in [-0.4, -0.2) is 15.2 Å². The minimum Gasteiger partial charge on any atom is -0.307 e. The summed E-state index contributed by atoms with van der Waals surface area (Å²) in [7, 11) is 0. The van der Waals surface area contributed by atoms with Crippen LogP contribution < -0.4 is 4.87 Å². The van der Waals surface area contributed by atoms with E-state index >= 15 is 0 Å². The maximum atomic E-state index is 11.9. The number of hydrogen-bond acceptors (Lipinski definition) is 4. The van der Waals surface area contributed by atoms with Gasteiger partial charge >= 0.3 is 4.87 Å². The molecule has 2 aliphatic carbocycles. The van der Waals surface area contributed by atoms with Crippen molar-refractivity contribution in [3.8, 4) is 0 Å². The Bertz CT molecular complexity index is 738. The molecule has 2 bridgehead atoms. The number of nitrogens with one attached hydrogen (secondary N) is 1. The Balaban J connectivity index is 1.70. The van der Waals surface area contributed by atoms with Crippen molar-refractivity contribution in [3.63, 3.8) is 0 Å². The summed E-state index contributed by atoms with van der Waals surface area (Å²) in [6.45, 7) is 0. The lowest BCUT2D eigenvalue weighted by atomic mass is 9.75. The van der Waals surface area contributed by atoms with E-state index in [1.807, 2.05) is 30.2 Å². The third-order valence-electron chi connectivity index (χ3n) is 5.51. The highest BCUT2D eigenvalue weighted by Gasteiger charge is 2.54. The van der Waals surface area contributed by atoms with E-state index in [0.29, 0.717) is 17.1 Å². The molecule has 108 valence electrons. The number of thiazole rings is 1. The number of hydrogen-bond donors (Lipinski definition) is 1. The second-order valence-corrected chi connectivity index (χ2v) is 8.67. The molecule has 2 aromatic rings. The monoisotopic (exact) mass is 316 g/mol. The predicted molar refractivity (Wildman–Crippen MR) is 85.0 cm³/mol. The molecule has 3 heterocycles. The Hall–Kier alpha value is -1.07. The van der Waals surface area contributed by atoms with E-state index in [-0.39, 0.29) is 4.87 Å². The second kappa shape index (κ2) is 4.46. The molecule has 5 rings (SSSR count). The van der Waals surface area contributed by atoms with Crippen molar-refractivity contribution in [2.45, 2.75) is 35.5 Å². The summed E-state index contributed by atoms with van der Waals surface area (Å²) in [5.74, 6) is 2.75. The summed E-state index contributed by atoms with van der Waals surface area (Å²) >= 11 is 3.35. The molecule has 2 saturated carbocycles. The Morgan fingerprint density at radius 3 is 3.05 bits per heavy atom. The van der Waals surface area contributed by atoms with Crippen molar-refractivity contribution in [1.82, 2.24) is 9.97 Å². The summed E-state index contributed by atoms with van der Waals surface area (Å²) in [6, 6.07) is 4.21. The Morgan fingerprint density at radius 2 is 2.19 bits per heavy atom. The third-order valence-corrected chi connectivity index (χ3v) is 8.13. The Morgan fingerprint density at radius 1 is 1.29 bits per heavy atom. The second-order valence-electron chi connectivity index (χ2n) is 6.46. The van der Waals surface area contributed by atoms with Crippen LogP contribution in [0.5, 0.6) is 0 Å². The molecule has 0 radical (unpaired) electrons. The molecule has 3 nitrogen and oxygen atoms in total. The number of nitrogens with zero attached hydrogens (tertiary/aromatic N) is 1. The van der Waals surface area contributed by atoms with E-state index in [4.69, 9.17) is 0 Å². The van der Waals surface area contributed by atoms with Crippen molar-refractivity contribution in [2.24, 2.45) is 17.8 Å². The first-order valence-electron chi connectivity index (χ1n) is 7.61. The van der Waals surface area contributed by atoms with Gasteiger partial charge in [0, 0.05) is 28.4 Å². The van der Waals surface area contributed by atoms with Gasteiger partial charge in [-0.25, -0.2) is 0 Å². The highest BCUT2D eigenvalue weighted by atomic mass is 32.2. The Labute approximate surface area is 131 Å². The highest BCUT2D eigenvalue weighted by Crippen LogP contribution is 2.63. The first-order chi connectivity index (χ1) is 10.3. The molecule has 1 N–H and O–H groups in total. The fourth-order valence-electron chi connectivity index (χ4n) is 4.78. The van der Waals surface area contributed by atoms with E-state index in [9.17, 15) is 4.79 Å². The third kappa shape index (κ3) is 1.73. The molecule has 0 unspecified atom stereocenters. The van der Waals surface area contributed by atoms with Gasteiger partial charge in [0.15, 0.2) is 0 Å². The summed E-state index contributed by atoms with van der Waals surface area (Å²) in [4.78, 5) is 20.6. The minimum atomic E-state index is 0.0914. The lowest BCUT2D eigenvalue weighted by Gasteiger charge is -2.40. The average Bonchev–Trinajstić information content (AvgIpc) is 3.18. The molecular formula is C16H16N2OS2. The molecule has 0 spiro atoms. The number of aromatic nitrogens is 2. The van der Waals surface area contributed by atoms with Crippen LogP contribution in [0.3, 0.4) is 0 Å². The summed E-state index contributed by atoms with van der Waals surface area (Å²) < 4.78 is 0. The standard InChI is InChI=1S/C16H16N2OS2/c19-16-18-15-14(21-16)12(10-2-1-5-17-7-10)11-8-3-4-9(6-8)13(11)20-15/h1-2,5,7-9,11-13H,3-4,6H2,(H,18,19)/t8-,9-,11-,12+,13-/m1/s1. The van der Waals surface area contributed by atoms with Crippen LogP contribution in [0, 0.1) is 17.8 Å². The van der Waals surface area contributed by atoms with Gasteiger partial charge in [0.25, 0.3) is 0 Å². The van der Waals surface area contributed by atoms with Crippen LogP contribution in [0.2, 0.25) is 0 Å². The lowest BCUT2D eigenvalue weighted by Crippen LogP contribution is -2.33. The van der Waals surface area contributed by atoms with Gasteiger partial charge < -0.3 is 4.98 Å². The van der Waals surface area contributed by atoms with Gasteiger partial charge in [-0.3, -0.25) is 9.78 Å². The average molecular weight is 316 g/mol. The van der Waals surface area contributed by atoms with Gasteiger partial charge in [-0.05, 0) is 48.6 Å². The zero-order valence-electron chi connectivity index (χ0n) is 11.5. The van der Waals surface area contributed by atoms with Gasteiger partial charge in [-0.2, -0.15) is 0 Å². The van der Waals surface area contributed by atoms with Crippen molar-refractivity contribution in [1.29, 1.82) is 0 Å². The SMILES string of the molecule is O=c1[nH]c2c(s1)[C@@H](c1cccnc1)[C@H]1[C@@H]3CC[C@H](C3)[C@H]1S2. The summed E-state index contributed by atoms with van der Waals surface area (Å²) in [6.07, 6.45) is 7.97. The lowest BCUT2D eigenvalue weighted by molar-refractivity contribution is 0.307. The quantitative estimate of drug-likeness (QED) is 0.876. The van der Waals surface area contributed by atoms with Gasteiger partial charge in [0.05, 0.1) is 5.03 Å². The maximum Gasteiger partial charge on any atom is 0.305 e. The van der Waals surface area contributed by atoms with Crippen molar-refractivity contribution >= 4 is 23.1 Å². The van der Waals surface area contributed by atoms with Crippen LogP contribution in [0.1, 0.15) is 35.6 Å². The maximum absolute atomic E-state index is 11.9. The van der Waals surface area contributed by atoms with Crippen LogP contribution in [-0.2, 0) is 0 Å². The van der Waals surface area contributed by atoms with Crippen molar-refractivity contribution < 1.29 is 0 Å². The molecule has 0 aromatic carbocycles. The molecule has 0 amide bonds. The first kappa shape index (κ1) is 12.5. The van der Waals surface area contributed by atoms with Gasteiger partial charge in [0.1, 0.15) is 0 Å². The predicted octanol–water partition coefficient (Wildman–Crippen LogP) is 3.48. The van der Waals surface area contributed by atoms with E-state index in [0.717, 1.165) is 16.9 Å². The zero-order valence-corrected chi connectivity index (χ0v) is 13.1. The summed E-state index contributed by atoms with van der Waals surface area (Å²) in [5, 5.41) is 1.82. The van der Waals surface area contributed by atoms with Crippen LogP contribution >= 0.6 is 23.1 Å². The summed E-state index contributed by atoms with van der Waals surface area (Å²) in [5.41, 5.74) is 1.29. The number of rotatable bonds is 1. The molecule has 2 aromatic heterocycles. The van der Waals surface area contributed by atoms with Crippen LogP contribution in [0.25, 0.3) is 0 Å². The molecule has 21 heavy (non-hydrogen) atoms. The normalized spacial score (nSPS) is 36.5. The van der Waals surface area contributed by atoms with Crippen LogP contribution in [0.4, 0.5) is 0 Å². The first-order valence-corrected chi connectivity index (χ1v) is 9.30. The van der Waals surface area contributed by atoms with E-state index in [1.165, 1.54) is 41.0 Å². The number of thioether (sulfide) groups is 1. The molecule has 3 aliphatic rings. The highest BCUT2D eigenvalue weighted by molar-refractivity contribution is 8.00. The molecular weight excluding hydrogens is 300 g/mol. The minimum absolute atomic E-state index is 0.0914. The van der Waals surface area contributed by atoms with Gasteiger partial charge in [-0.1, -0.05) is 17.4 Å². The molecule has 5 atom stereocenters. The fraction of sp³-hybridized carbons (Fsp3) is 0.500. The van der Waals surface area contributed by atoms with Crippen molar-refractivity contribution in [2.75, 3.05) is 0 Å². The number of fused-ring (bicyclic) bond motifs is 6. The van der Waals surface area contributed by atoms with E-state index in [1.54, 1.807) is 0 Å². The van der Waals surface area contributed by atoms with E-state index in [2.05, 4.69) is 16.0 Å². The van der Waals surface area contributed by atoms with Gasteiger partial charge in [0.2, 0.25) is 0 Å². The van der Waals surface area contributed by atoms with Crippen molar-refractivity contribution in [3.05, 3.63) is 44.6 Å². The molecule has 2 fully saturated rings. The largest absolute Gasteiger partial charge is 0.307 e.